The lowest BCUT2D eigenvalue weighted by atomic mass is 9.98. The number of ether oxygens (including phenoxy) is 1. The van der Waals surface area contributed by atoms with Gasteiger partial charge in [0.25, 0.3) is 0 Å². The quantitative estimate of drug-likeness (QED) is 0.406. The summed E-state index contributed by atoms with van der Waals surface area (Å²) >= 11 is 0. The molecule has 1 fully saturated rings. The smallest absolute Gasteiger partial charge is 0.243 e. The Bertz CT molecular complexity index is 1360. The van der Waals surface area contributed by atoms with E-state index < -0.39 is 15.8 Å². The normalized spacial score (nSPS) is 17.1. The summed E-state index contributed by atoms with van der Waals surface area (Å²) in [6.45, 7) is 4.61. The van der Waals surface area contributed by atoms with Crippen LogP contribution in [0.15, 0.2) is 65.8 Å². The van der Waals surface area contributed by atoms with Crippen LogP contribution in [0.4, 0.5) is 4.39 Å². The molecule has 0 aliphatic carbocycles. The molecule has 1 saturated heterocycles. The molecule has 1 amide bonds. The minimum Gasteiger partial charge on any atom is -0.489 e. The summed E-state index contributed by atoms with van der Waals surface area (Å²) in [5.74, 6) is -0.296. The van der Waals surface area contributed by atoms with Gasteiger partial charge in [-0.3, -0.25) is 4.79 Å². The number of piperazine rings is 1. The van der Waals surface area contributed by atoms with Crippen LogP contribution in [0, 0.1) is 12.7 Å². The number of carbonyl (C=O) groups is 1. The number of hydrogen-bond acceptors (Lipinski definition) is 7. The molecule has 3 aromatic rings. The van der Waals surface area contributed by atoms with Crippen LogP contribution in [0.2, 0.25) is 0 Å². The molecule has 2 heterocycles. The first-order chi connectivity index (χ1) is 18.2. The predicted molar refractivity (Wildman–Crippen MR) is 140 cm³/mol. The van der Waals surface area contributed by atoms with Crippen LogP contribution in [0.25, 0.3) is 0 Å². The van der Waals surface area contributed by atoms with Crippen molar-refractivity contribution in [2.75, 3.05) is 19.6 Å². The number of rotatable bonds is 10. The van der Waals surface area contributed by atoms with Crippen LogP contribution in [0.1, 0.15) is 30.0 Å². The molecule has 0 radical (unpaired) electrons. The largest absolute Gasteiger partial charge is 0.489 e. The van der Waals surface area contributed by atoms with E-state index in [0.29, 0.717) is 37.2 Å². The van der Waals surface area contributed by atoms with Gasteiger partial charge in [-0.05, 0) is 61.2 Å². The first-order valence-electron chi connectivity index (χ1n) is 12.4. The summed E-state index contributed by atoms with van der Waals surface area (Å²) in [5, 5.41) is 13.8. The van der Waals surface area contributed by atoms with Gasteiger partial charge in [-0.25, -0.2) is 12.8 Å². The van der Waals surface area contributed by atoms with E-state index in [1.165, 1.54) is 23.4 Å². The van der Waals surface area contributed by atoms with Crippen LogP contribution >= 0.6 is 0 Å². The number of carbonyl (C=O) groups excluding carboxylic acids is 1. The van der Waals surface area contributed by atoms with Crippen molar-refractivity contribution in [2.24, 2.45) is 0 Å². The van der Waals surface area contributed by atoms with Crippen LogP contribution < -0.4 is 15.4 Å². The fourth-order valence-corrected chi connectivity index (χ4v) is 6.19. The van der Waals surface area contributed by atoms with Crippen molar-refractivity contribution in [1.82, 2.24) is 25.1 Å². The minimum atomic E-state index is -3.64. The lowest BCUT2D eigenvalue weighted by molar-refractivity contribution is -0.119. The van der Waals surface area contributed by atoms with Gasteiger partial charge in [-0.1, -0.05) is 12.1 Å². The molecule has 4 rings (SSSR count). The first-order valence-corrected chi connectivity index (χ1v) is 13.9. The van der Waals surface area contributed by atoms with Crippen LogP contribution in [-0.2, 0) is 27.8 Å². The standard InChI is InChI=1S/C27H32FN5O4S/c1-19-4-3-5-27(10-19)38(35,36)33-9-8-29-25(17-33)15-24(32-20(2)34)12-22-11-23(28)14-26(13-22)37-18-21-6-7-30-31-16-21/h3-7,10-11,13-14,16,24-25,29H,8-9,12,15,17-18H2,1-2H3,(H,32,34)/t24-,25-/m0/s1. The van der Waals surface area contributed by atoms with Crippen molar-refractivity contribution < 1.29 is 22.3 Å². The van der Waals surface area contributed by atoms with Crippen molar-refractivity contribution in [2.45, 2.75) is 50.3 Å². The zero-order valence-corrected chi connectivity index (χ0v) is 22.2. The zero-order chi connectivity index (χ0) is 27.1. The number of aromatic nitrogens is 2. The molecule has 2 aromatic carbocycles. The van der Waals surface area contributed by atoms with E-state index in [1.54, 1.807) is 42.7 Å². The SMILES string of the molecule is CC(=O)N[C@@H](Cc1cc(F)cc(OCc2ccnnc2)c1)C[C@H]1CN(S(=O)(=O)c2cccc(C)c2)CCN1. The number of amides is 1. The molecule has 0 unspecified atom stereocenters. The number of benzene rings is 2. The molecule has 0 saturated carbocycles. The lowest BCUT2D eigenvalue weighted by Gasteiger charge is -2.35. The van der Waals surface area contributed by atoms with Gasteiger partial charge in [0.05, 0.1) is 11.1 Å². The maximum absolute atomic E-state index is 14.4. The average molecular weight is 542 g/mol. The fourth-order valence-electron chi connectivity index (χ4n) is 4.60. The molecule has 202 valence electrons. The van der Waals surface area contributed by atoms with Crippen LogP contribution in [0.5, 0.6) is 5.75 Å². The highest BCUT2D eigenvalue weighted by molar-refractivity contribution is 7.89. The molecular weight excluding hydrogens is 509 g/mol. The van der Waals surface area contributed by atoms with Crippen LogP contribution in [-0.4, -0.2) is 60.5 Å². The molecule has 2 N–H and O–H groups in total. The van der Waals surface area contributed by atoms with E-state index in [1.807, 2.05) is 13.0 Å². The molecule has 11 heteroatoms. The Morgan fingerprint density at radius 1 is 1.21 bits per heavy atom. The molecule has 1 aliphatic heterocycles. The van der Waals surface area contributed by atoms with E-state index in [-0.39, 0.29) is 36.0 Å². The molecule has 1 aromatic heterocycles. The summed E-state index contributed by atoms with van der Waals surface area (Å²) in [5.41, 5.74) is 2.33. The van der Waals surface area contributed by atoms with Gasteiger partial charge in [0.1, 0.15) is 18.2 Å². The molecule has 0 bridgehead atoms. The second-order valence-electron chi connectivity index (χ2n) is 9.50. The third-order valence-electron chi connectivity index (χ3n) is 6.29. The number of halogens is 1. The summed E-state index contributed by atoms with van der Waals surface area (Å²) in [6, 6.07) is 12.6. The number of hydrogen-bond donors (Lipinski definition) is 2. The minimum absolute atomic E-state index is 0.191. The molecule has 38 heavy (non-hydrogen) atoms. The molecule has 0 spiro atoms. The summed E-state index contributed by atoms with van der Waals surface area (Å²) in [7, 11) is -3.64. The third kappa shape index (κ3) is 7.56. The summed E-state index contributed by atoms with van der Waals surface area (Å²) < 4.78 is 48.1. The second-order valence-corrected chi connectivity index (χ2v) is 11.4. The van der Waals surface area contributed by atoms with Gasteiger partial charge in [-0.15, -0.1) is 0 Å². The Hall–Kier alpha value is -3.41. The Kier molecular flexibility index (Phi) is 9.03. The molecular formula is C27H32FN5O4S. The van der Waals surface area contributed by atoms with Gasteiger partial charge >= 0.3 is 0 Å². The monoisotopic (exact) mass is 541 g/mol. The molecule has 9 nitrogen and oxygen atoms in total. The Morgan fingerprint density at radius 3 is 2.79 bits per heavy atom. The lowest BCUT2D eigenvalue weighted by Crippen LogP contribution is -2.54. The van der Waals surface area contributed by atoms with Crippen molar-refractivity contribution in [3.63, 3.8) is 0 Å². The van der Waals surface area contributed by atoms with Crippen molar-refractivity contribution in [3.05, 3.63) is 83.4 Å². The van der Waals surface area contributed by atoms with Crippen molar-refractivity contribution >= 4 is 15.9 Å². The third-order valence-corrected chi connectivity index (χ3v) is 8.15. The Balaban J connectivity index is 1.44. The maximum Gasteiger partial charge on any atom is 0.243 e. The van der Waals surface area contributed by atoms with Gasteiger partial charge in [0, 0.05) is 56.5 Å². The second kappa shape index (κ2) is 12.4. The molecule has 1 aliphatic rings. The van der Waals surface area contributed by atoms with E-state index in [2.05, 4.69) is 20.8 Å². The van der Waals surface area contributed by atoms with Crippen molar-refractivity contribution in [1.29, 1.82) is 0 Å². The number of sulfonamides is 1. The Labute approximate surface area is 222 Å². The first kappa shape index (κ1) is 27.6. The number of nitrogens with zero attached hydrogens (tertiary/aromatic N) is 3. The van der Waals surface area contributed by atoms with E-state index in [9.17, 15) is 17.6 Å². The maximum atomic E-state index is 14.4. The Morgan fingerprint density at radius 2 is 2.05 bits per heavy atom. The van der Waals surface area contributed by atoms with Gasteiger partial charge in [-0.2, -0.15) is 14.5 Å². The highest BCUT2D eigenvalue weighted by Crippen LogP contribution is 2.22. The molecule has 2 atom stereocenters. The van der Waals surface area contributed by atoms with Crippen molar-refractivity contribution in [3.8, 4) is 5.75 Å². The van der Waals surface area contributed by atoms with Gasteiger partial charge in [0.2, 0.25) is 15.9 Å². The van der Waals surface area contributed by atoms with E-state index >= 15 is 0 Å². The number of nitrogens with one attached hydrogen (secondary N) is 2. The fraction of sp³-hybridized carbons (Fsp3) is 0.370. The van der Waals surface area contributed by atoms with E-state index in [0.717, 1.165) is 11.1 Å². The summed E-state index contributed by atoms with van der Waals surface area (Å²) in [6.07, 6.45) is 3.95. The highest BCUT2D eigenvalue weighted by atomic mass is 32.2. The highest BCUT2D eigenvalue weighted by Gasteiger charge is 2.31. The summed E-state index contributed by atoms with van der Waals surface area (Å²) in [4.78, 5) is 12.2. The zero-order valence-electron chi connectivity index (χ0n) is 21.4. The van der Waals surface area contributed by atoms with E-state index in [4.69, 9.17) is 4.74 Å². The van der Waals surface area contributed by atoms with Crippen LogP contribution in [0.3, 0.4) is 0 Å². The predicted octanol–water partition coefficient (Wildman–Crippen LogP) is 2.60. The average Bonchev–Trinajstić information content (AvgIpc) is 2.87. The topological polar surface area (TPSA) is 114 Å². The van der Waals surface area contributed by atoms with Gasteiger partial charge < -0.3 is 15.4 Å². The number of aryl methyl sites for hydroxylation is 1. The van der Waals surface area contributed by atoms with Gasteiger partial charge in [0.15, 0.2) is 0 Å².